The summed E-state index contributed by atoms with van der Waals surface area (Å²) in [5.41, 5.74) is 0. The minimum absolute atomic E-state index is 0.326. The molecule has 0 saturated carbocycles. The molecule has 0 spiro atoms. The van der Waals surface area contributed by atoms with Crippen LogP contribution in [0.2, 0.25) is 0 Å². The van der Waals surface area contributed by atoms with Gasteiger partial charge in [-0.2, -0.15) is 0 Å². The molecule has 0 aliphatic carbocycles. The van der Waals surface area contributed by atoms with Gasteiger partial charge in [-0.3, -0.25) is 8.42 Å². The summed E-state index contributed by atoms with van der Waals surface area (Å²) in [7, 11) is -1.20. The molecular weight excluding hydrogens is 264 g/mol. The quantitative estimate of drug-likeness (QED) is 0.750. The SMILES string of the molecule is CC(C)C[S@@](=O)C(C)C.CC(C)C[S@](=O)C(C)C. The highest BCUT2D eigenvalue weighted by Gasteiger charge is 2.06. The molecule has 2 nitrogen and oxygen atoms in total. The fraction of sp³-hybridized carbons (Fsp3) is 1.00. The van der Waals surface area contributed by atoms with Gasteiger partial charge in [0.05, 0.1) is 0 Å². The van der Waals surface area contributed by atoms with E-state index in [4.69, 9.17) is 0 Å². The molecule has 0 saturated heterocycles. The van der Waals surface area contributed by atoms with Crippen LogP contribution >= 0.6 is 0 Å². The second-order valence-corrected chi connectivity index (χ2v) is 10.1. The average Bonchev–Trinajstić information content (AvgIpc) is 2.16. The van der Waals surface area contributed by atoms with Crippen molar-refractivity contribution in [2.45, 2.75) is 65.9 Å². The molecule has 0 radical (unpaired) electrons. The lowest BCUT2D eigenvalue weighted by Crippen LogP contribution is -2.13. The van der Waals surface area contributed by atoms with Crippen LogP contribution < -0.4 is 0 Å². The zero-order valence-corrected chi connectivity index (χ0v) is 15.0. The maximum atomic E-state index is 11.1. The van der Waals surface area contributed by atoms with E-state index in [2.05, 4.69) is 27.7 Å². The van der Waals surface area contributed by atoms with Gasteiger partial charge in [-0.15, -0.1) is 0 Å². The Morgan fingerprint density at radius 2 is 0.833 bits per heavy atom. The molecular formula is C14H32O2S2. The molecule has 0 rings (SSSR count). The highest BCUT2D eigenvalue weighted by Crippen LogP contribution is 2.01. The first-order valence-corrected chi connectivity index (χ1v) is 9.58. The third-order valence-corrected chi connectivity index (χ3v) is 6.14. The molecule has 0 aliphatic heterocycles. The summed E-state index contributed by atoms with van der Waals surface area (Å²) in [6.07, 6.45) is 0. The van der Waals surface area contributed by atoms with E-state index in [0.717, 1.165) is 11.5 Å². The molecule has 0 aromatic rings. The third kappa shape index (κ3) is 14.4. The van der Waals surface area contributed by atoms with Gasteiger partial charge in [0, 0.05) is 43.6 Å². The highest BCUT2D eigenvalue weighted by atomic mass is 32.2. The molecule has 0 aromatic heterocycles. The van der Waals surface area contributed by atoms with Crippen LogP contribution in [0.15, 0.2) is 0 Å². The zero-order chi connectivity index (χ0) is 14.9. The van der Waals surface area contributed by atoms with Gasteiger partial charge in [-0.1, -0.05) is 55.4 Å². The van der Waals surface area contributed by atoms with Crippen molar-refractivity contribution in [1.29, 1.82) is 0 Å². The maximum absolute atomic E-state index is 11.1. The summed E-state index contributed by atoms with van der Waals surface area (Å²) in [5.74, 6) is 2.82. The fourth-order valence-corrected chi connectivity index (χ4v) is 3.13. The lowest BCUT2D eigenvalue weighted by atomic mass is 10.3. The summed E-state index contributed by atoms with van der Waals surface area (Å²) in [6.45, 7) is 16.4. The fourth-order valence-electron chi connectivity index (χ4n) is 1.04. The normalized spacial score (nSPS) is 14.9. The van der Waals surface area contributed by atoms with Crippen molar-refractivity contribution in [2.75, 3.05) is 11.5 Å². The van der Waals surface area contributed by atoms with E-state index < -0.39 is 21.6 Å². The molecule has 18 heavy (non-hydrogen) atoms. The second-order valence-electron chi connectivity index (χ2n) is 5.98. The Hall–Kier alpha value is 0.300. The van der Waals surface area contributed by atoms with Crippen LogP contribution in [-0.4, -0.2) is 30.4 Å². The zero-order valence-electron chi connectivity index (χ0n) is 13.4. The van der Waals surface area contributed by atoms with Gasteiger partial charge in [-0.05, 0) is 11.8 Å². The molecule has 0 bridgehead atoms. The second kappa shape index (κ2) is 11.2. The van der Waals surface area contributed by atoms with E-state index >= 15 is 0 Å². The molecule has 2 atom stereocenters. The van der Waals surface area contributed by atoms with Crippen LogP contribution in [0.5, 0.6) is 0 Å². The first-order chi connectivity index (χ1) is 8.07. The van der Waals surface area contributed by atoms with Crippen molar-refractivity contribution >= 4 is 21.6 Å². The number of hydrogen-bond donors (Lipinski definition) is 0. The lowest BCUT2D eigenvalue weighted by molar-refractivity contribution is 0.657. The Labute approximate surface area is 119 Å². The van der Waals surface area contributed by atoms with Gasteiger partial charge in [0.15, 0.2) is 0 Å². The van der Waals surface area contributed by atoms with E-state index in [-0.39, 0.29) is 0 Å². The predicted molar refractivity (Wildman–Crippen MR) is 86.0 cm³/mol. The van der Waals surface area contributed by atoms with Crippen LogP contribution in [0.1, 0.15) is 55.4 Å². The van der Waals surface area contributed by atoms with Crippen LogP contribution in [-0.2, 0) is 21.6 Å². The monoisotopic (exact) mass is 296 g/mol. The minimum atomic E-state index is -0.602. The summed E-state index contributed by atoms with van der Waals surface area (Å²) in [6, 6.07) is 0. The smallest absolute Gasteiger partial charge is 0.0291 e. The van der Waals surface area contributed by atoms with E-state index in [9.17, 15) is 8.42 Å². The molecule has 112 valence electrons. The highest BCUT2D eigenvalue weighted by molar-refractivity contribution is 7.85. The molecule has 0 aromatic carbocycles. The van der Waals surface area contributed by atoms with Crippen molar-refractivity contribution in [2.24, 2.45) is 11.8 Å². The number of hydrogen-bond acceptors (Lipinski definition) is 2. The van der Waals surface area contributed by atoms with Gasteiger partial charge >= 0.3 is 0 Å². The lowest BCUT2D eigenvalue weighted by Gasteiger charge is -2.06. The van der Waals surface area contributed by atoms with Crippen molar-refractivity contribution in [3.63, 3.8) is 0 Å². The molecule has 0 unspecified atom stereocenters. The van der Waals surface area contributed by atoms with Crippen molar-refractivity contribution in [1.82, 2.24) is 0 Å². The van der Waals surface area contributed by atoms with E-state index in [1.54, 1.807) is 0 Å². The van der Waals surface area contributed by atoms with Gasteiger partial charge in [0.1, 0.15) is 0 Å². The Kier molecular flexibility index (Phi) is 12.8. The molecule has 0 heterocycles. The summed E-state index contributed by atoms with van der Waals surface area (Å²) in [5, 5.41) is 0.653. The van der Waals surface area contributed by atoms with E-state index in [0.29, 0.717) is 22.3 Å². The summed E-state index contributed by atoms with van der Waals surface area (Å²) in [4.78, 5) is 0. The van der Waals surface area contributed by atoms with Gasteiger partial charge in [0.25, 0.3) is 0 Å². The largest absolute Gasteiger partial charge is 0.259 e. The summed E-state index contributed by atoms with van der Waals surface area (Å²) < 4.78 is 22.1. The van der Waals surface area contributed by atoms with Crippen molar-refractivity contribution < 1.29 is 8.42 Å². The molecule has 0 N–H and O–H groups in total. The van der Waals surface area contributed by atoms with Crippen LogP contribution in [0, 0.1) is 11.8 Å². The van der Waals surface area contributed by atoms with E-state index in [1.165, 1.54) is 0 Å². The van der Waals surface area contributed by atoms with Gasteiger partial charge < -0.3 is 0 Å². The predicted octanol–water partition coefficient (Wildman–Crippen LogP) is 3.60. The van der Waals surface area contributed by atoms with Crippen LogP contribution in [0.3, 0.4) is 0 Å². The standard InChI is InChI=1S/2C7H16OS/c2*1-6(2)5-9(8)7(3)4/h2*6-7H,5H2,1-4H3/t2*9-/m10/s1. The van der Waals surface area contributed by atoms with Crippen molar-refractivity contribution in [3.05, 3.63) is 0 Å². The molecule has 4 heteroatoms. The Morgan fingerprint density at radius 1 is 0.611 bits per heavy atom. The van der Waals surface area contributed by atoms with Crippen LogP contribution in [0.4, 0.5) is 0 Å². The third-order valence-electron chi connectivity index (χ3n) is 2.05. The Morgan fingerprint density at radius 3 is 0.889 bits per heavy atom. The first kappa shape index (κ1) is 20.6. The average molecular weight is 297 g/mol. The maximum Gasteiger partial charge on any atom is 0.0291 e. The minimum Gasteiger partial charge on any atom is -0.259 e. The Bertz CT molecular complexity index is 220. The number of rotatable bonds is 6. The van der Waals surface area contributed by atoms with E-state index in [1.807, 2.05) is 27.7 Å². The molecule has 0 fully saturated rings. The van der Waals surface area contributed by atoms with Gasteiger partial charge in [-0.25, -0.2) is 0 Å². The summed E-state index contributed by atoms with van der Waals surface area (Å²) >= 11 is 0. The first-order valence-electron chi connectivity index (χ1n) is 6.82. The van der Waals surface area contributed by atoms with Crippen LogP contribution in [0.25, 0.3) is 0 Å². The van der Waals surface area contributed by atoms with Gasteiger partial charge in [0.2, 0.25) is 0 Å². The topological polar surface area (TPSA) is 34.1 Å². The Balaban J connectivity index is 0. The van der Waals surface area contributed by atoms with Crippen molar-refractivity contribution in [3.8, 4) is 0 Å². The molecule has 0 aliphatic rings. The molecule has 0 amide bonds.